The van der Waals surface area contributed by atoms with E-state index < -0.39 is 5.25 Å². The largest absolute Gasteiger partial charge is 0.324 e. The van der Waals surface area contributed by atoms with Crippen molar-refractivity contribution in [1.82, 2.24) is 19.7 Å². The number of carbonyl (C=O) groups excluding carboxylic acids is 1. The van der Waals surface area contributed by atoms with Crippen molar-refractivity contribution in [3.63, 3.8) is 0 Å². The molecule has 1 unspecified atom stereocenters. The Labute approximate surface area is 200 Å². The van der Waals surface area contributed by atoms with Gasteiger partial charge in [-0.15, -0.1) is 10.2 Å². The second-order valence-corrected chi connectivity index (χ2v) is 8.88. The van der Waals surface area contributed by atoms with Crippen LogP contribution in [0.4, 0.5) is 5.69 Å². The highest BCUT2D eigenvalue weighted by Crippen LogP contribution is 2.33. The number of anilines is 1. The molecule has 0 aliphatic heterocycles. The fourth-order valence-electron chi connectivity index (χ4n) is 3.23. The number of pyridine rings is 1. The molecule has 4 aromatic rings. The molecule has 33 heavy (non-hydrogen) atoms. The maximum atomic E-state index is 12.9. The molecular formula is C24H19ClN6OS. The summed E-state index contributed by atoms with van der Waals surface area (Å²) in [6.45, 7) is 3.71. The van der Waals surface area contributed by atoms with Crippen molar-refractivity contribution in [2.45, 2.75) is 24.3 Å². The first-order valence-electron chi connectivity index (χ1n) is 10.1. The average Bonchev–Trinajstić information content (AvgIpc) is 3.25. The van der Waals surface area contributed by atoms with Crippen molar-refractivity contribution in [1.29, 1.82) is 5.26 Å². The fraction of sp³-hybridized carbons (Fsp3) is 0.125. The second-order valence-electron chi connectivity index (χ2n) is 7.17. The number of nitriles is 1. The molecule has 0 radical (unpaired) electrons. The molecule has 9 heteroatoms. The summed E-state index contributed by atoms with van der Waals surface area (Å²) in [5.41, 5.74) is 3.41. The number of hydrogen-bond acceptors (Lipinski definition) is 6. The third kappa shape index (κ3) is 4.75. The van der Waals surface area contributed by atoms with E-state index in [9.17, 15) is 10.1 Å². The SMILES string of the molecule is Cc1c(Cl)cccc1-n1c(SC(C)C(=O)Nc2ccccc2C#N)nnc1-c1ccncc1. The Morgan fingerprint density at radius 1 is 1.12 bits per heavy atom. The Bertz CT molecular complexity index is 1350. The van der Waals surface area contributed by atoms with Crippen LogP contribution in [0.2, 0.25) is 5.02 Å². The molecule has 7 nitrogen and oxygen atoms in total. The van der Waals surface area contributed by atoms with Crippen LogP contribution < -0.4 is 5.32 Å². The highest BCUT2D eigenvalue weighted by molar-refractivity contribution is 8.00. The van der Waals surface area contributed by atoms with E-state index in [1.165, 1.54) is 11.8 Å². The number of halogens is 1. The Morgan fingerprint density at radius 2 is 1.88 bits per heavy atom. The van der Waals surface area contributed by atoms with E-state index in [1.807, 2.05) is 41.8 Å². The molecule has 164 valence electrons. The molecule has 0 saturated heterocycles. The molecule has 0 fully saturated rings. The molecule has 1 amide bonds. The van der Waals surface area contributed by atoms with Gasteiger partial charge in [0.1, 0.15) is 6.07 Å². The number of thioether (sulfide) groups is 1. The highest BCUT2D eigenvalue weighted by atomic mass is 35.5. The lowest BCUT2D eigenvalue weighted by Crippen LogP contribution is -2.23. The van der Waals surface area contributed by atoms with Gasteiger partial charge in [0.25, 0.3) is 0 Å². The Morgan fingerprint density at radius 3 is 2.64 bits per heavy atom. The van der Waals surface area contributed by atoms with Crippen LogP contribution in [-0.2, 0) is 4.79 Å². The van der Waals surface area contributed by atoms with Crippen molar-refractivity contribution >= 4 is 35.0 Å². The number of rotatable bonds is 6. The molecule has 1 atom stereocenters. The third-order valence-electron chi connectivity index (χ3n) is 5.01. The molecule has 2 heterocycles. The second kappa shape index (κ2) is 9.86. The predicted octanol–water partition coefficient (Wildman–Crippen LogP) is 5.28. The van der Waals surface area contributed by atoms with Gasteiger partial charge in [0.05, 0.1) is 22.2 Å². The topological polar surface area (TPSA) is 96.5 Å². The standard InChI is InChI=1S/C24H19ClN6OS/c1-15-19(25)7-5-9-21(15)31-22(17-10-12-27-13-11-17)29-30-24(31)33-16(2)23(32)28-20-8-4-3-6-18(20)14-26/h3-13,16H,1-2H3,(H,28,32). The number of hydrogen-bond donors (Lipinski definition) is 1. The molecular weight excluding hydrogens is 456 g/mol. The van der Waals surface area contributed by atoms with Gasteiger partial charge in [0.2, 0.25) is 5.91 Å². The Kier molecular flexibility index (Phi) is 6.73. The van der Waals surface area contributed by atoms with E-state index in [4.69, 9.17) is 11.6 Å². The first-order valence-corrected chi connectivity index (χ1v) is 11.3. The lowest BCUT2D eigenvalue weighted by molar-refractivity contribution is -0.115. The summed E-state index contributed by atoms with van der Waals surface area (Å²) in [6.07, 6.45) is 3.38. The number of benzene rings is 2. The number of nitrogens with one attached hydrogen (secondary N) is 1. The smallest absolute Gasteiger partial charge is 0.237 e. The van der Waals surface area contributed by atoms with E-state index >= 15 is 0 Å². The zero-order chi connectivity index (χ0) is 23.4. The van der Waals surface area contributed by atoms with Crippen LogP contribution in [0, 0.1) is 18.3 Å². The first kappa shape index (κ1) is 22.5. The summed E-state index contributed by atoms with van der Waals surface area (Å²) < 4.78 is 1.90. The lowest BCUT2D eigenvalue weighted by Gasteiger charge is -2.16. The van der Waals surface area contributed by atoms with Crippen LogP contribution in [-0.4, -0.2) is 30.9 Å². The van der Waals surface area contributed by atoms with Crippen LogP contribution in [0.25, 0.3) is 17.1 Å². The van der Waals surface area contributed by atoms with Gasteiger partial charge >= 0.3 is 0 Å². The number of aromatic nitrogens is 4. The van der Waals surface area contributed by atoms with Gasteiger partial charge in [-0.1, -0.05) is 41.6 Å². The van der Waals surface area contributed by atoms with Gasteiger partial charge in [0, 0.05) is 23.0 Å². The van der Waals surface area contributed by atoms with E-state index in [0.717, 1.165) is 16.8 Å². The molecule has 0 saturated carbocycles. The fourth-order valence-corrected chi connectivity index (χ4v) is 4.26. The lowest BCUT2D eigenvalue weighted by atomic mass is 10.2. The summed E-state index contributed by atoms with van der Waals surface area (Å²) in [6, 6.07) is 18.3. The van der Waals surface area contributed by atoms with Crippen molar-refractivity contribution in [3.8, 4) is 23.1 Å². The van der Waals surface area contributed by atoms with Gasteiger partial charge in [-0.25, -0.2) is 0 Å². The maximum Gasteiger partial charge on any atom is 0.237 e. The summed E-state index contributed by atoms with van der Waals surface area (Å²) in [7, 11) is 0. The van der Waals surface area contributed by atoms with E-state index in [-0.39, 0.29) is 5.91 Å². The summed E-state index contributed by atoms with van der Waals surface area (Å²) in [4.78, 5) is 17.0. The van der Waals surface area contributed by atoms with Gasteiger partial charge in [-0.2, -0.15) is 5.26 Å². The molecule has 2 aromatic heterocycles. The summed E-state index contributed by atoms with van der Waals surface area (Å²) in [5, 5.41) is 21.6. The van der Waals surface area contributed by atoms with Crippen LogP contribution in [0.1, 0.15) is 18.1 Å². The van der Waals surface area contributed by atoms with Crippen molar-refractivity contribution in [2.75, 3.05) is 5.32 Å². The maximum absolute atomic E-state index is 12.9. The molecule has 0 aliphatic rings. The zero-order valence-corrected chi connectivity index (χ0v) is 19.4. The van der Waals surface area contributed by atoms with E-state index in [1.54, 1.807) is 43.6 Å². The van der Waals surface area contributed by atoms with Crippen LogP contribution in [0.15, 0.2) is 72.1 Å². The first-order chi connectivity index (χ1) is 16.0. The van der Waals surface area contributed by atoms with Crippen LogP contribution in [0.5, 0.6) is 0 Å². The molecule has 0 bridgehead atoms. The van der Waals surface area contributed by atoms with Gasteiger partial charge in [0.15, 0.2) is 11.0 Å². The third-order valence-corrected chi connectivity index (χ3v) is 6.46. The summed E-state index contributed by atoms with van der Waals surface area (Å²) >= 11 is 7.67. The number of nitrogens with zero attached hydrogens (tertiary/aromatic N) is 5. The summed E-state index contributed by atoms with van der Waals surface area (Å²) in [5.74, 6) is 0.373. The monoisotopic (exact) mass is 474 g/mol. The molecule has 1 N–H and O–H groups in total. The average molecular weight is 475 g/mol. The van der Waals surface area contributed by atoms with Crippen molar-refractivity contribution in [2.24, 2.45) is 0 Å². The minimum absolute atomic E-state index is 0.245. The predicted molar refractivity (Wildman–Crippen MR) is 129 cm³/mol. The van der Waals surface area contributed by atoms with Gasteiger partial charge < -0.3 is 5.32 Å². The normalized spacial score (nSPS) is 11.6. The van der Waals surface area contributed by atoms with Crippen LogP contribution >= 0.6 is 23.4 Å². The van der Waals surface area contributed by atoms with E-state index in [0.29, 0.717) is 27.3 Å². The zero-order valence-electron chi connectivity index (χ0n) is 17.9. The van der Waals surface area contributed by atoms with Gasteiger partial charge in [-0.05, 0) is 55.8 Å². The minimum Gasteiger partial charge on any atom is -0.324 e. The molecule has 0 aliphatic carbocycles. The van der Waals surface area contributed by atoms with Crippen molar-refractivity contribution in [3.05, 3.63) is 83.1 Å². The molecule has 0 spiro atoms. The van der Waals surface area contributed by atoms with Crippen LogP contribution in [0.3, 0.4) is 0 Å². The molecule has 4 rings (SSSR count). The van der Waals surface area contributed by atoms with Crippen molar-refractivity contribution < 1.29 is 4.79 Å². The number of carbonyl (C=O) groups is 1. The quantitative estimate of drug-likeness (QED) is 0.382. The number of amides is 1. The minimum atomic E-state index is -0.510. The van der Waals surface area contributed by atoms with E-state index in [2.05, 4.69) is 26.6 Å². The Balaban J connectivity index is 1.69. The number of para-hydroxylation sites is 1. The molecule has 2 aromatic carbocycles. The Hall–Kier alpha value is -3.67. The van der Waals surface area contributed by atoms with Gasteiger partial charge in [-0.3, -0.25) is 14.3 Å². The highest BCUT2D eigenvalue weighted by Gasteiger charge is 2.23.